The standard InChI is InChI=1S/C14H19Cl2NO3/c1-3-14(2,6-7-18)17-13(19)9-20-12-5-4-10(15)8-11(12)16/h4-5,8,18H,3,6-7,9H2,1-2H3,(H,17,19). The molecule has 112 valence electrons. The first-order valence-corrected chi connectivity index (χ1v) is 7.15. The zero-order valence-electron chi connectivity index (χ0n) is 11.6. The number of amides is 1. The van der Waals surface area contributed by atoms with E-state index in [0.29, 0.717) is 22.2 Å². The highest BCUT2D eigenvalue weighted by Crippen LogP contribution is 2.27. The fraction of sp³-hybridized carbons (Fsp3) is 0.500. The smallest absolute Gasteiger partial charge is 0.258 e. The van der Waals surface area contributed by atoms with E-state index in [0.717, 1.165) is 6.42 Å². The lowest BCUT2D eigenvalue weighted by molar-refractivity contribution is -0.125. The Morgan fingerprint density at radius 3 is 2.70 bits per heavy atom. The van der Waals surface area contributed by atoms with Crippen molar-refractivity contribution in [2.45, 2.75) is 32.2 Å². The summed E-state index contributed by atoms with van der Waals surface area (Å²) >= 11 is 11.7. The van der Waals surface area contributed by atoms with E-state index in [1.165, 1.54) is 0 Å². The maximum atomic E-state index is 11.9. The van der Waals surface area contributed by atoms with Gasteiger partial charge >= 0.3 is 0 Å². The summed E-state index contributed by atoms with van der Waals surface area (Å²) in [5.41, 5.74) is -0.432. The van der Waals surface area contributed by atoms with Gasteiger partial charge in [-0.3, -0.25) is 4.79 Å². The Labute approximate surface area is 129 Å². The summed E-state index contributed by atoms with van der Waals surface area (Å²) in [6.45, 7) is 3.72. The number of nitrogens with one attached hydrogen (secondary N) is 1. The van der Waals surface area contributed by atoms with Crippen molar-refractivity contribution in [1.29, 1.82) is 0 Å². The van der Waals surface area contributed by atoms with E-state index in [1.54, 1.807) is 18.2 Å². The predicted molar refractivity (Wildman–Crippen MR) is 80.5 cm³/mol. The van der Waals surface area contributed by atoms with E-state index < -0.39 is 5.54 Å². The minimum Gasteiger partial charge on any atom is -0.482 e. The first-order chi connectivity index (χ1) is 9.40. The molecule has 0 saturated carbocycles. The number of carbonyl (C=O) groups excluding carboxylic acids is 1. The lowest BCUT2D eigenvalue weighted by atomic mass is 9.95. The number of rotatable bonds is 7. The van der Waals surface area contributed by atoms with E-state index in [2.05, 4.69) is 5.32 Å². The SMILES string of the molecule is CCC(C)(CCO)NC(=O)COc1ccc(Cl)cc1Cl. The van der Waals surface area contributed by atoms with Crippen LogP contribution in [0.3, 0.4) is 0 Å². The lowest BCUT2D eigenvalue weighted by Gasteiger charge is -2.28. The minimum absolute atomic E-state index is 0.0223. The average Bonchev–Trinajstić information content (AvgIpc) is 2.38. The predicted octanol–water partition coefficient (Wildman–Crippen LogP) is 3.04. The van der Waals surface area contributed by atoms with E-state index in [-0.39, 0.29) is 19.1 Å². The maximum Gasteiger partial charge on any atom is 0.258 e. The molecular formula is C14H19Cl2NO3. The zero-order valence-corrected chi connectivity index (χ0v) is 13.1. The third kappa shape index (κ3) is 5.19. The van der Waals surface area contributed by atoms with Crippen molar-refractivity contribution in [3.05, 3.63) is 28.2 Å². The molecule has 0 aliphatic carbocycles. The molecule has 0 heterocycles. The molecule has 0 fully saturated rings. The summed E-state index contributed by atoms with van der Waals surface area (Å²) < 4.78 is 5.36. The van der Waals surface area contributed by atoms with Crippen LogP contribution in [0.25, 0.3) is 0 Å². The second-order valence-corrected chi connectivity index (χ2v) is 5.64. The van der Waals surface area contributed by atoms with Crippen LogP contribution in [-0.2, 0) is 4.79 Å². The Bertz CT molecular complexity index is 468. The molecule has 2 N–H and O–H groups in total. The Morgan fingerprint density at radius 1 is 1.45 bits per heavy atom. The Kier molecular flexibility index (Phi) is 6.59. The Morgan fingerprint density at radius 2 is 2.15 bits per heavy atom. The normalized spacial score (nSPS) is 13.7. The molecule has 6 heteroatoms. The Balaban J connectivity index is 2.54. The quantitative estimate of drug-likeness (QED) is 0.812. The summed E-state index contributed by atoms with van der Waals surface area (Å²) in [5, 5.41) is 12.7. The van der Waals surface area contributed by atoms with Crippen molar-refractivity contribution < 1.29 is 14.6 Å². The van der Waals surface area contributed by atoms with Crippen LogP contribution in [0.1, 0.15) is 26.7 Å². The second-order valence-electron chi connectivity index (χ2n) is 4.80. The van der Waals surface area contributed by atoms with Gasteiger partial charge in [-0.15, -0.1) is 0 Å². The van der Waals surface area contributed by atoms with E-state index in [9.17, 15) is 4.79 Å². The van der Waals surface area contributed by atoms with Gasteiger partial charge in [-0.25, -0.2) is 0 Å². The lowest BCUT2D eigenvalue weighted by Crippen LogP contribution is -2.47. The topological polar surface area (TPSA) is 58.6 Å². The summed E-state index contributed by atoms with van der Waals surface area (Å²) in [6, 6.07) is 4.81. The van der Waals surface area contributed by atoms with Crippen LogP contribution in [-0.4, -0.2) is 29.8 Å². The van der Waals surface area contributed by atoms with Gasteiger partial charge < -0.3 is 15.2 Å². The largest absolute Gasteiger partial charge is 0.482 e. The molecule has 1 aromatic rings. The van der Waals surface area contributed by atoms with Crippen LogP contribution in [0.5, 0.6) is 5.75 Å². The molecule has 0 aliphatic rings. The van der Waals surface area contributed by atoms with E-state index in [4.69, 9.17) is 33.0 Å². The number of aliphatic hydroxyl groups excluding tert-OH is 1. The molecule has 0 aliphatic heterocycles. The number of halogens is 2. The number of ether oxygens (including phenoxy) is 1. The van der Waals surface area contributed by atoms with Crippen molar-refractivity contribution >= 4 is 29.1 Å². The molecule has 1 unspecified atom stereocenters. The maximum absolute atomic E-state index is 11.9. The molecular weight excluding hydrogens is 301 g/mol. The van der Waals surface area contributed by atoms with Crippen LogP contribution in [0.15, 0.2) is 18.2 Å². The van der Waals surface area contributed by atoms with Crippen LogP contribution >= 0.6 is 23.2 Å². The van der Waals surface area contributed by atoms with Crippen molar-refractivity contribution in [3.63, 3.8) is 0 Å². The number of hydrogen-bond donors (Lipinski definition) is 2. The van der Waals surface area contributed by atoms with Crippen LogP contribution in [0, 0.1) is 0 Å². The molecule has 0 saturated heterocycles. The molecule has 1 rings (SSSR count). The van der Waals surface area contributed by atoms with Crippen LogP contribution in [0.4, 0.5) is 0 Å². The number of hydrogen-bond acceptors (Lipinski definition) is 3. The first kappa shape index (κ1) is 17.1. The van der Waals surface area contributed by atoms with Crippen molar-refractivity contribution in [2.24, 2.45) is 0 Å². The van der Waals surface area contributed by atoms with Gasteiger partial charge in [-0.2, -0.15) is 0 Å². The summed E-state index contributed by atoms with van der Waals surface area (Å²) in [5.74, 6) is 0.153. The van der Waals surface area contributed by atoms with Gasteiger partial charge in [0.25, 0.3) is 5.91 Å². The fourth-order valence-corrected chi connectivity index (χ4v) is 2.15. The first-order valence-electron chi connectivity index (χ1n) is 6.40. The third-order valence-electron chi connectivity index (χ3n) is 3.14. The molecule has 4 nitrogen and oxygen atoms in total. The molecule has 1 atom stereocenters. The van der Waals surface area contributed by atoms with Gasteiger partial charge in [-0.1, -0.05) is 30.1 Å². The van der Waals surface area contributed by atoms with Crippen LogP contribution in [0.2, 0.25) is 10.0 Å². The molecule has 1 aromatic carbocycles. The number of carbonyl (C=O) groups is 1. The Hall–Kier alpha value is -0.970. The van der Waals surface area contributed by atoms with Gasteiger partial charge in [0.05, 0.1) is 5.02 Å². The highest BCUT2D eigenvalue weighted by atomic mass is 35.5. The average molecular weight is 320 g/mol. The molecule has 0 aromatic heterocycles. The highest BCUT2D eigenvalue weighted by molar-refractivity contribution is 6.35. The van der Waals surface area contributed by atoms with Crippen molar-refractivity contribution in [3.8, 4) is 5.75 Å². The summed E-state index contributed by atoms with van der Waals surface area (Å²) in [7, 11) is 0. The van der Waals surface area contributed by atoms with Crippen molar-refractivity contribution in [2.75, 3.05) is 13.2 Å². The molecule has 0 bridgehead atoms. The fourth-order valence-electron chi connectivity index (χ4n) is 1.68. The monoisotopic (exact) mass is 319 g/mol. The van der Waals surface area contributed by atoms with Crippen molar-refractivity contribution in [1.82, 2.24) is 5.32 Å². The number of benzene rings is 1. The molecule has 0 radical (unpaired) electrons. The van der Waals surface area contributed by atoms with Gasteiger partial charge in [0.1, 0.15) is 5.75 Å². The molecule has 20 heavy (non-hydrogen) atoms. The molecule has 1 amide bonds. The molecule has 0 spiro atoms. The van der Waals surface area contributed by atoms with E-state index >= 15 is 0 Å². The van der Waals surface area contributed by atoms with Gasteiger partial charge in [0, 0.05) is 17.2 Å². The summed E-state index contributed by atoms with van der Waals surface area (Å²) in [6.07, 6.45) is 1.22. The minimum atomic E-state index is -0.432. The summed E-state index contributed by atoms with van der Waals surface area (Å²) in [4.78, 5) is 11.9. The van der Waals surface area contributed by atoms with Crippen LogP contribution < -0.4 is 10.1 Å². The van der Waals surface area contributed by atoms with Gasteiger partial charge in [0.15, 0.2) is 6.61 Å². The third-order valence-corrected chi connectivity index (χ3v) is 3.67. The van der Waals surface area contributed by atoms with E-state index in [1.807, 2.05) is 13.8 Å². The van der Waals surface area contributed by atoms with Gasteiger partial charge in [0.2, 0.25) is 0 Å². The zero-order chi connectivity index (χ0) is 15.2. The number of aliphatic hydroxyl groups is 1. The van der Waals surface area contributed by atoms with Gasteiger partial charge in [-0.05, 0) is 38.0 Å². The highest BCUT2D eigenvalue weighted by Gasteiger charge is 2.23. The second kappa shape index (κ2) is 7.72.